The Morgan fingerprint density at radius 3 is 2.79 bits per heavy atom. The van der Waals surface area contributed by atoms with Gasteiger partial charge in [0.15, 0.2) is 0 Å². The molecule has 2 rings (SSSR count). The van der Waals surface area contributed by atoms with Crippen molar-refractivity contribution in [3.63, 3.8) is 0 Å². The van der Waals surface area contributed by atoms with E-state index in [4.69, 9.17) is 21.1 Å². The molecule has 1 unspecified atom stereocenters. The largest absolute Gasteiger partial charge is 0.382 e. The van der Waals surface area contributed by atoms with Gasteiger partial charge in [0, 0.05) is 13.7 Å². The zero-order chi connectivity index (χ0) is 13.7. The Morgan fingerprint density at radius 1 is 1.26 bits per heavy atom. The number of aromatic nitrogens is 2. The van der Waals surface area contributed by atoms with Crippen molar-refractivity contribution in [1.82, 2.24) is 9.55 Å². The van der Waals surface area contributed by atoms with Crippen molar-refractivity contribution in [3.05, 3.63) is 30.1 Å². The minimum atomic E-state index is -0.119. The van der Waals surface area contributed by atoms with Gasteiger partial charge in [-0.1, -0.05) is 12.1 Å². The van der Waals surface area contributed by atoms with Gasteiger partial charge < -0.3 is 14.0 Å². The minimum absolute atomic E-state index is 0.119. The summed E-state index contributed by atoms with van der Waals surface area (Å²) in [7, 11) is 1.67. The van der Waals surface area contributed by atoms with Crippen molar-refractivity contribution in [1.29, 1.82) is 0 Å². The number of hydrogen-bond donors (Lipinski definition) is 0. The summed E-state index contributed by atoms with van der Waals surface area (Å²) >= 11 is 6.20. The molecule has 0 fully saturated rings. The fraction of sp³-hybridized carbons (Fsp3) is 0.500. The van der Waals surface area contributed by atoms with E-state index in [9.17, 15) is 0 Å². The quantitative estimate of drug-likeness (QED) is 0.579. The van der Waals surface area contributed by atoms with Crippen LogP contribution in [0.25, 0.3) is 11.0 Å². The predicted molar refractivity (Wildman–Crippen MR) is 76.7 cm³/mol. The van der Waals surface area contributed by atoms with Crippen molar-refractivity contribution in [3.8, 4) is 0 Å². The third-order valence-electron chi connectivity index (χ3n) is 2.93. The summed E-state index contributed by atoms with van der Waals surface area (Å²) in [6.07, 6.45) is 0. The Kier molecular flexibility index (Phi) is 5.19. The molecule has 0 aliphatic carbocycles. The highest BCUT2D eigenvalue weighted by molar-refractivity contribution is 6.20. The number of methoxy groups -OCH3 is 1. The molecule has 0 aliphatic rings. The van der Waals surface area contributed by atoms with Gasteiger partial charge in [-0.05, 0) is 19.1 Å². The zero-order valence-electron chi connectivity index (χ0n) is 11.3. The summed E-state index contributed by atoms with van der Waals surface area (Å²) in [6.45, 7) is 4.53. The standard InChI is InChI=1S/C14H19ClN2O2/c1-11(15)14-16-12-5-3-4-6-13(12)17(14)7-8-19-10-9-18-2/h3-6,11H,7-10H2,1-2H3. The predicted octanol–water partition coefficient (Wildman–Crippen LogP) is 3.00. The van der Waals surface area contributed by atoms with Crippen LogP contribution < -0.4 is 0 Å². The van der Waals surface area contributed by atoms with Gasteiger partial charge in [-0.3, -0.25) is 0 Å². The first kappa shape index (κ1) is 14.3. The molecule has 0 amide bonds. The SMILES string of the molecule is COCCOCCn1c(C(C)Cl)nc2ccccc21. The van der Waals surface area contributed by atoms with Gasteiger partial charge in [-0.15, -0.1) is 11.6 Å². The molecule has 0 spiro atoms. The molecule has 19 heavy (non-hydrogen) atoms. The third kappa shape index (κ3) is 3.47. The highest BCUT2D eigenvalue weighted by atomic mass is 35.5. The van der Waals surface area contributed by atoms with Gasteiger partial charge in [-0.25, -0.2) is 4.98 Å². The number of fused-ring (bicyclic) bond motifs is 1. The highest BCUT2D eigenvalue weighted by Crippen LogP contribution is 2.24. The lowest BCUT2D eigenvalue weighted by Crippen LogP contribution is -2.12. The first-order valence-corrected chi connectivity index (χ1v) is 6.83. The van der Waals surface area contributed by atoms with E-state index in [1.165, 1.54) is 0 Å². The van der Waals surface area contributed by atoms with Gasteiger partial charge in [0.1, 0.15) is 5.82 Å². The van der Waals surface area contributed by atoms with E-state index in [1.807, 2.05) is 25.1 Å². The van der Waals surface area contributed by atoms with Gasteiger partial charge in [0.2, 0.25) is 0 Å². The van der Waals surface area contributed by atoms with Gasteiger partial charge in [0.05, 0.1) is 36.2 Å². The Bertz CT molecular complexity index is 525. The Labute approximate surface area is 118 Å². The van der Waals surface area contributed by atoms with Crippen molar-refractivity contribution < 1.29 is 9.47 Å². The van der Waals surface area contributed by atoms with E-state index in [0.29, 0.717) is 19.8 Å². The van der Waals surface area contributed by atoms with E-state index in [0.717, 1.165) is 23.4 Å². The number of nitrogens with zero attached hydrogens (tertiary/aromatic N) is 2. The fourth-order valence-corrected chi connectivity index (χ4v) is 2.20. The third-order valence-corrected chi connectivity index (χ3v) is 3.13. The number of halogens is 1. The lowest BCUT2D eigenvalue weighted by Gasteiger charge is -2.10. The Balaban J connectivity index is 2.13. The van der Waals surface area contributed by atoms with E-state index in [-0.39, 0.29) is 5.38 Å². The molecule has 1 atom stereocenters. The molecule has 1 aromatic heterocycles. The first-order chi connectivity index (χ1) is 9.24. The summed E-state index contributed by atoms with van der Waals surface area (Å²) < 4.78 is 12.6. The lowest BCUT2D eigenvalue weighted by atomic mass is 10.3. The van der Waals surface area contributed by atoms with Crippen LogP contribution in [-0.4, -0.2) is 36.5 Å². The molecule has 0 saturated heterocycles. The molecular weight excluding hydrogens is 264 g/mol. The molecule has 0 bridgehead atoms. The molecule has 104 valence electrons. The van der Waals surface area contributed by atoms with Crippen LogP contribution in [-0.2, 0) is 16.0 Å². The van der Waals surface area contributed by atoms with E-state index in [2.05, 4.69) is 15.6 Å². The molecule has 0 saturated carbocycles. The van der Waals surface area contributed by atoms with Crippen molar-refractivity contribution in [2.24, 2.45) is 0 Å². The van der Waals surface area contributed by atoms with Crippen LogP contribution >= 0.6 is 11.6 Å². The van der Waals surface area contributed by atoms with Gasteiger partial charge >= 0.3 is 0 Å². The summed E-state index contributed by atoms with van der Waals surface area (Å²) in [6, 6.07) is 8.05. The number of para-hydroxylation sites is 2. The first-order valence-electron chi connectivity index (χ1n) is 6.40. The van der Waals surface area contributed by atoms with Crippen molar-refractivity contribution in [2.45, 2.75) is 18.8 Å². The second-order valence-corrected chi connectivity index (χ2v) is 4.99. The van der Waals surface area contributed by atoms with Crippen LogP contribution in [0.2, 0.25) is 0 Å². The summed E-state index contributed by atoms with van der Waals surface area (Å²) in [5.41, 5.74) is 2.07. The monoisotopic (exact) mass is 282 g/mol. The topological polar surface area (TPSA) is 36.3 Å². The number of hydrogen-bond acceptors (Lipinski definition) is 3. The van der Waals surface area contributed by atoms with Gasteiger partial charge in [0.25, 0.3) is 0 Å². The minimum Gasteiger partial charge on any atom is -0.382 e. The Hall–Kier alpha value is -1.10. The molecule has 0 aliphatic heterocycles. The number of ether oxygens (including phenoxy) is 2. The maximum Gasteiger partial charge on any atom is 0.127 e. The van der Waals surface area contributed by atoms with Gasteiger partial charge in [-0.2, -0.15) is 0 Å². The second kappa shape index (κ2) is 6.89. The van der Waals surface area contributed by atoms with Crippen molar-refractivity contribution >= 4 is 22.6 Å². The molecule has 4 nitrogen and oxygen atoms in total. The number of alkyl halides is 1. The van der Waals surface area contributed by atoms with E-state index < -0.39 is 0 Å². The fourth-order valence-electron chi connectivity index (χ4n) is 2.03. The molecule has 1 heterocycles. The van der Waals surface area contributed by atoms with Crippen LogP contribution in [0.5, 0.6) is 0 Å². The van der Waals surface area contributed by atoms with Crippen LogP contribution in [0.4, 0.5) is 0 Å². The number of rotatable bonds is 7. The average Bonchev–Trinajstić information content (AvgIpc) is 2.78. The molecule has 5 heteroatoms. The number of imidazole rings is 1. The number of benzene rings is 1. The highest BCUT2D eigenvalue weighted by Gasteiger charge is 2.14. The van der Waals surface area contributed by atoms with Crippen LogP contribution in [0.15, 0.2) is 24.3 Å². The summed E-state index contributed by atoms with van der Waals surface area (Å²) in [5.74, 6) is 0.887. The molecular formula is C14H19ClN2O2. The van der Waals surface area contributed by atoms with Crippen LogP contribution in [0.3, 0.4) is 0 Å². The average molecular weight is 283 g/mol. The second-order valence-electron chi connectivity index (χ2n) is 4.33. The maximum absolute atomic E-state index is 6.20. The normalized spacial score (nSPS) is 13.0. The smallest absolute Gasteiger partial charge is 0.127 e. The summed E-state index contributed by atoms with van der Waals surface area (Å²) in [4.78, 5) is 4.58. The molecule has 0 N–H and O–H groups in total. The lowest BCUT2D eigenvalue weighted by molar-refractivity contribution is 0.0667. The van der Waals surface area contributed by atoms with Crippen LogP contribution in [0.1, 0.15) is 18.1 Å². The van der Waals surface area contributed by atoms with E-state index >= 15 is 0 Å². The van der Waals surface area contributed by atoms with E-state index in [1.54, 1.807) is 7.11 Å². The molecule has 2 aromatic rings. The molecule has 1 aromatic carbocycles. The zero-order valence-corrected chi connectivity index (χ0v) is 12.1. The Morgan fingerprint density at radius 2 is 2.05 bits per heavy atom. The summed E-state index contributed by atoms with van der Waals surface area (Å²) in [5, 5.41) is -0.119. The molecule has 0 radical (unpaired) electrons. The van der Waals surface area contributed by atoms with Crippen LogP contribution in [0, 0.1) is 0 Å². The maximum atomic E-state index is 6.20. The van der Waals surface area contributed by atoms with Crippen molar-refractivity contribution in [2.75, 3.05) is 26.9 Å².